The van der Waals surface area contributed by atoms with Gasteiger partial charge >= 0.3 is 0 Å². The standard InChI is InChI=1S/C11H12N2O/c12-8-10-3-1-4-11(7-10)9-13-5-2-6-14-13/h1,3-4,7H,2,5-6,9H2. The zero-order chi connectivity index (χ0) is 9.80. The molecule has 1 aliphatic heterocycles. The predicted octanol–water partition coefficient (Wildman–Crippen LogP) is 1.70. The van der Waals surface area contributed by atoms with Crippen LogP contribution in [0.3, 0.4) is 0 Å². The molecule has 0 radical (unpaired) electrons. The highest BCUT2D eigenvalue weighted by Crippen LogP contribution is 2.11. The normalized spacial score (nSPS) is 16.8. The van der Waals surface area contributed by atoms with Crippen molar-refractivity contribution in [2.24, 2.45) is 0 Å². The Morgan fingerprint density at radius 1 is 1.50 bits per heavy atom. The smallest absolute Gasteiger partial charge is 0.0991 e. The van der Waals surface area contributed by atoms with Crippen LogP contribution in [0.2, 0.25) is 0 Å². The Balaban J connectivity index is 2.05. The van der Waals surface area contributed by atoms with Gasteiger partial charge in [0, 0.05) is 13.1 Å². The van der Waals surface area contributed by atoms with Crippen molar-refractivity contribution in [3.63, 3.8) is 0 Å². The molecule has 1 aromatic carbocycles. The van der Waals surface area contributed by atoms with E-state index in [0.717, 1.165) is 31.7 Å². The molecule has 0 saturated carbocycles. The summed E-state index contributed by atoms with van der Waals surface area (Å²) in [5, 5.41) is 10.7. The van der Waals surface area contributed by atoms with Crippen molar-refractivity contribution >= 4 is 0 Å². The average molecular weight is 188 g/mol. The summed E-state index contributed by atoms with van der Waals surface area (Å²) in [7, 11) is 0. The number of hydrogen-bond acceptors (Lipinski definition) is 3. The summed E-state index contributed by atoms with van der Waals surface area (Å²) in [5.41, 5.74) is 1.84. The maximum atomic E-state index is 8.73. The molecule has 0 aliphatic carbocycles. The molecule has 72 valence electrons. The average Bonchev–Trinajstić information content (AvgIpc) is 2.71. The van der Waals surface area contributed by atoms with Crippen LogP contribution in [0, 0.1) is 11.3 Å². The van der Waals surface area contributed by atoms with E-state index < -0.39 is 0 Å². The van der Waals surface area contributed by atoms with Gasteiger partial charge in [0.05, 0.1) is 18.2 Å². The quantitative estimate of drug-likeness (QED) is 0.708. The molecular weight excluding hydrogens is 176 g/mol. The lowest BCUT2D eigenvalue weighted by molar-refractivity contribution is -0.117. The summed E-state index contributed by atoms with van der Waals surface area (Å²) >= 11 is 0. The second-order valence-corrected chi connectivity index (χ2v) is 3.36. The van der Waals surface area contributed by atoms with Crippen molar-refractivity contribution in [3.8, 4) is 6.07 Å². The van der Waals surface area contributed by atoms with Gasteiger partial charge in [0.1, 0.15) is 0 Å². The third-order valence-electron chi connectivity index (χ3n) is 2.24. The monoisotopic (exact) mass is 188 g/mol. The van der Waals surface area contributed by atoms with Gasteiger partial charge in [-0.15, -0.1) is 0 Å². The van der Waals surface area contributed by atoms with Crippen LogP contribution in [0.25, 0.3) is 0 Å². The molecule has 0 unspecified atom stereocenters. The molecule has 0 N–H and O–H groups in total. The van der Waals surface area contributed by atoms with Crippen molar-refractivity contribution in [2.75, 3.05) is 13.2 Å². The van der Waals surface area contributed by atoms with Crippen LogP contribution in [-0.2, 0) is 11.4 Å². The maximum Gasteiger partial charge on any atom is 0.0991 e. The minimum Gasteiger partial charge on any atom is -0.299 e. The number of hydrogen-bond donors (Lipinski definition) is 0. The van der Waals surface area contributed by atoms with Gasteiger partial charge in [0.25, 0.3) is 0 Å². The minimum absolute atomic E-state index is 0.710. The van der Waals surface area contributed by atoms with E-state index in [-0.39, 0.29) is 0 Å². The molecule has 0 aromatic heterocycles. The van der Waals surface area contributed by atoms with Crippen LogP contribution in [0.15, 0.2) is 24.3 Å². The van der Waals surface area contributed by atoms with E-state index in [4.69, 9.17) is 10.1 Å². The van der Waals surface area contributed by atoms with Crippen LogP contribution < -0.4 is 0 Å². The summed E-state index contributed by atoms with van der Waals surface area (Å²) in [6.07, 6.45) is 1.10. The molecule has 1 aromatic rings. The van der Waals surface area contributed by atoms with Crippen LogP contribution in [0.4, 0.5) is 0 Å². The molecule has 2 rings (SSSR count). The van der Waals surface area contributed by atoms with Crippen LogP contribution in [0.1, 0.15) is 17.5 Å². The predicted molar refractivity (Wildman–Crippen MR) is 52.1 cm³/mol. The first-order chi connectivity index (χ1) is 6.88. The number of hydroxylamine groups is 2. The number of nitriles is 1. The first-order valence-corrected chi connectivity index (χ1v) is 4.75. The van der Waals surface area contributed by atoms with E-state index in [0.29, 0.717) is 5.56 Å². The lowest BCUT2D eigenvalue weighted by Crippen LogP contribution is -2.16. The molecule has 3 heteroatoms. The number of rotatable bonds is 2. The first kappa shape index (κ1) is 9.20. The van der Waals surface area contributed by atoms with Gasteiger partial charge in [-0.2, -0.15) is 10.3 Å². The fourth-order valence-corrected chi connectivity index (χ4v) is 1.57. The highest BCUT2D eigenvalue weighted by molar-refractivity contribution is 5.32. The van der Waals surface area contributed by atoms with E-state index in [1.165, 1.54) is 0 Å². The first-order valence-electron chi connectivity index (χ1n) is 4.75. The van der Waals surface area contributed by atoms with Gasteiger partial charge in [-0.05, 0) is 24.1 Å². The van der Waals surface area contributed by atoms with E-state index in [1.807, 2.05) is 29.3 Å². The van der Waals surface area contributed by atoms with Gasteiger partial charge in [-0.1, -0.05) is 12.1 Å². The van der Waals surface area contributed by atoms with Gasteiger partial charge in [-0.3, -0.25) is 4.84 Å². The molecule has 1 aliphatic rings. The third-order valence-corrected chi connectivity index (χ3v) is 2.24. The van der Waals surface area contributed by atoms with Crippen LogP contribution >= 0.6 is 0 Å². The van der Waals surface area contributed by atoms with E-state index in [2.05, 4.69) is 6.07 Å². The van der Waals surface area contributed by atoms with E-state index >= 15 is 0 Å². The summed E-state index contributed by atoms with van der Waals surface area (Å²) in [4.78, 5) is 5.38. The van der Waals surface area contributed by atoms with Crippen LogP contribution in [0.5, 0.6) is 0 Å². The lowest BCUT2D eigenvalue weighted by Gasteiger charge is -2.13. The van der Waals surface area contributed by atoms with Crippen molar-refractivity contribution in [1.82, 2.24) is 5.06 Å². The largest absolute Gasteiger partial charge is 0.299 e. The second-order valence-electron chi connectivity index (χ2n) is 3.36. The maximum absolute atomic E-state index is 8.73. The molecule has 0 atom stereocenters. The zero-order valence-corrected chi connectivity index (χ0v) is 7.94. The number of benzene rings is 1. The summed E-state index contributed by atoms with van der Waals surface area (Å²) in [5.74, 6) is 0. The summed E-state index contributed by atoms with van der Waals surface area (Å²) in [6.45, 7) is 2.57. The topological polar surface area (TPSA) is 36.3 Å². The Morgan fingerprint density at radius 3 is 3.14 bits per heavy atom. The zero-order valence-electron chi connectivity index (χ0n) is 7.94. The van der Waals surface area contributed by atoms with E-state index in [1.54, 1.807) is 0 Å². The molecular formula is C11H12N2O. The van der Waals surface area contributed by atoms with Gasteiger partial charge in [0.2, 0.25) is 0 Å². The van der Waals surface area contributed by atoms with E-state index in [9.17, 15) is 0 Å². The highest BCUT2D eigenvalue weighted by atomic mass is 16.7. The molecule has 1 heterocycles. The van der Waals surface area contributed by atoms with Gasteiger partial charge in [0.15, 0.2) is 0 Å². The van der Waals surface area contributed by atoms with Gasteiger partial charge < -0.3 is 0 Å². The lowest BCUT2D eigenvalue weighted by atomic mass is 10.1. The number of nitrogens with zero attached hydrogens (tertiary/aromatic N) is 2. The second kappa shape index (κ2) is 4.23. The molecule has 1 fully saturated rings. The Labute approximate surface area is 83.5 Å². The third kappa shape index (κ3) is 2.11. The Morgan fingerprint density at radius 2 is 2.43 bits per heavy atom. The summed E-state index contributed by atoms with van der Waals surface area (Å²) in [6, 6.07) is 9.77. The minimum atomic E-state index is 0.710. The molecule has 1 saturated heterocycles. The molecule has 0 bridgehead atoms. The van der Waals surface area contributed by atoms with Crippen LogP contribution in [-0.4, -0.2) is 18.2 Å². The van der Waals surface area contributed by atoms with Gasteiger partial charge in [-0.25, -0.2) is 0 Å². The van der Waals surface area contributed by atoms with Crippen molar-refractivity contribution in [3.05, 3.63) is 35.4 Å². The SMILES string of the molecule is N#Cc1cccc(CN2CCCO2)c1. The van der Waals surface area contributed by atoms with Crippen molar-refractivity contribution in [1.29, 1.82) is 5.26 Å². The Kier molecular flexibility index (Phi) is 2.78. The Hall–Kier alpha value is -1.37. The fourth-order valence-electron chi connectivity index (χ4n) is 1.57. The highest BCUT2D eigenvalue weighted by Gasteiger charge is 2.12. The van der Waals surface area contributed by atoms with Crippen molar-refractivity contribution in [2.45, 2.75) is 13.0 Å². The molecule has 14 heavy (non-hydrogen) atoms. The molecule has 0 amide bonds. The molecule has 3 nitrogen and oxygen atoms in total. The fraction of sp³-hybridized carbons (Fsp3) is 0.364. The van der Waals surface area contributed by atoms with Crippen molar-refractivity contribution < 1.29 is 4.84 Å². The Bertz CT molecular complexity index is 351. The molecule has 0 spiro atoms. The summed E-state index contributed by atoms with van der Waals surface area (Å²) < 4.78 is 0.